The van der Waals surface area contributed by atoms with Gasteiger partial charge in [-0.2, -0.15) is 0 Å². The van der Waals surface area contributed by atoms with Crippen LogP contribution >= 0.6 is 0 Å². The smallest absolute Gasteiger partial charge is 0.135 e. The molecule has 14 heavy (non-hydrogen) atoms. The Kier molecular flexibility index (Phi) is 7.83. The van der Waals surface area contributed by atoms with Crippen LogP contribution in [0.15, 0.2) is 0 Å². The predicted octanol–water partition coefficient (Wildman–Crippen LogP) is 4.21. The second-order valence-electron chi connectivity index (χ2n) is 4.58. The summed E-state index contributed by atoms with van der Waals surface area (Å²) in [5.74, 6) is 1.43. The van der Waals surface area contributed by atoms with Crippen molar-refractivity contribution >= 4 is 5.78 Å². The highest BCUT2D eigenvalue weighted by Crippen LogP contribution is 2.19. The SMILES string of the molecule is CCCCC(CC)CCC(=O)C(C)C. The van der Waals surface area contributed by atoms with Crippen molar-refractivity contribution in [3.63, 3.8) is 0 Å². The molecule has 0 bridgehead atoms. The van der Waals surface area contributed by atoms with E-state index < -0.39 is 0 Å². The summed E-state index contributed by atoms with van der Waals surface area (Å²) >= 11 is 0. The van der Waals surface area contributed by atoms with Crippen LogP contribution in [0.1, 0.15) is 66.2 Å². The van der Waals surface area contributed by atoms with Gasteiger partial charge in [0.05, 0.1) is 0 Å². The van der Waals surface area contributed by atoms with Crippen molar-refractivity contribution < 1.29 is 4.79 Å². The summed E-state index contributed by atoms with van der Waals surface area (Å²) in [6, 6.07) is 0. The minimum absolute atomic E-state index is 0.221. The van der Waals surface area contributed by atoms with Crippen LogP contribution in [-0.2, 0) is 4.79 Å². The minimum atomic E-state index is 0.221. The number of rotatable bonds is 8. The number of unbranched alkanes of at least 4 members (excludes halogenated alkanes) is 1. The number of carbonyl (C=O) groups is 1. The third kappa shape index (κ3) is 6.17. The summed E-state index contributed by atoms with van der Waals surface area (Å²) in [5.41, 5.74) is 0. The van der Waals surface area contributed by atoms with Crippen LogP contribution in [-0.4, -0.2) is 5.78 Å². The molecule has 0 fully saturated rings. The van der Waals surface area contributed by atoms with Gasteiger partial charge in [0.1, 0.15) is 5.78 Å². The van der Waals surface area contributed by atoms with Crippen molar-refractivity contribution in [2.45, 2.75) is 66.2 Å². The van der Waals surface area contributed by atoms with Gasteiger partial charge in [-0.3, -0.25) is 4.79 Å². The lowest BCUT2D eigenvalue weighted by Gasteiger charge is -2.14. The average Bonchev–Trinajstić information content (AvgIpc) is 2.17. The lowest BCUT2D eigenvalue weighted by molar-refractivity contribution is -0.122. The summed E-state index contributed by atoms with van der Waals surface area (Å²) in [4.78, 5) is 11.4. The number of Topliss-reactive ketones (excluding diaryl/α,β-unsaturated/α-hetero) is 1. The third-order valence-corrected chi connectivity index (χ3v) is 2.99. The van der Waals surface area contributed by atoms with Crippen LogP contribution in [0.5, 0.6) is 0 Å². The average molecular weight is 198 g/mol. The van der Waals surface area contributed by atoms with E-state index in [2.05, 4.69) is 13.8 Å². The number of ketones is 1. The standard InChI is InChI=1S/C13H26O/c1-5-7-8-12(6-2)9-10-13(14)11(3)4/h11-12H,5-10H2,1-4H3. The summed E-state index contributed by atoms with van der Waals surface area (Å²) < 4.78 is 0. The zero-order valence-corrected chi connectivity index (χ0v) is 10.3. The molecule has 0 spiro atoms. The highest BCUT2D eigenvalue weighted by Gasteiger charge is 2.11. The molecule has 0 saturated heterocycles. The number of carbonyl (C=O) groups excluding carboxylic acids is 1. The molecule has 0 radical (unpaired) electrons. The topological polar surface area (TPSA) is 17.1 Å². The fraction of sp³-hybridized carbons (Fsp3) is 0.923. The van der Waals surface area contributed by atoms with Crippen LogP contribution in [0.25, 0.3) is 0 Å². The maximum Gasteiger partial charge on any atom is 0.135 e. The highest BCUT2D eigenvalue weighted by atomic mass is 16.1. The second kappa shape index (κ2) is 8.02. The zero-order valence-electron chi connectivity index (χ0n) is 10.3. The molecular formula is C13H26O. The Balaban J connectivity index is 3.66. The van der Waals surface area contributed by atoms with E-state index in [9.17, 15) is 4.79 Å². The number of hydrogen-bond donors (Lipinski definition) is 0. The van der Waals surface area contributed by atoms with E-state index in [1.54, 1.807) is 0 Å². The molecule has 0 amide bonds. The van der Waals surface area contributed by atoms with Gasteiger partial charge in [0, 0.05) is 12.3 Å². The lowest BCUT2D eigenvalue weighted by atomic mass is 9.91. The summed E-state index contributed by atoms with van der Waals surface area (Å²) in [6.45, 7) is 8.46. The Labute approximate surface area is 89.3 Å². The summed E-state index contributed by atoms with van der Waals surface area (Å²) in [5, 5.41) is 0. The molecule has 0 rings (SSSR count). The molecule has 0 saturated carbocycles. The highest BCUT2D eigenvalue weighted by molar-refractivity contribution is 5.80. The van der Waals surface area contributed by atoms with Gasteiger partial charge in [0.2, 0.25) is 0 Å². The van der Waals surface area contributed by atoms with Crippen molar-refractivity contribution in [2.24, 2.45) is 11.8 Å². The molecule has 0 aromatic carbocycles. The fourth-order valence-corrected chi connectivity index (χ4v) is 1.68. The maximum absolute atomic E-state index is 11.4. The first-order valence-corrected chi connectivity index (χ1v) is 6.14. The summed E-state index contributed by atoms with van der Waals surface area (Å²) in [6.07, 6.45) is 7.01. The second-order valence-corrected chi connectivity index (χ2v) is 4.58. The van der Waals surface area contributed by atoms with Crippen molar-refractivity contribution in [3.8, 4) is 0 Å². The Morgan fingerprint density at radius 3 is 2.21 bits per heavy atom. The van der Waals surface area contributed by atoms with Crippen LogP contribution in [0.2, 0.25) is 0 Å². The summed E-state index contributed by atoms with van der Waals surface area (Å²) in [7, 11) is 0. The Bertz CT molecular complexity index is 149. The van der Waals surface area contributed by atoms with E-state index in [4.69, 9.17) is 0 Å². The molecule has 0 aromatic rings. The lowest BCUT2D eigenvalue weighted by Crippen LogP contribution is -2.09. The first-order chi connectivity index (χ1) is 6.61. The molecule has 0 aromatic heterocycles. The molecular weight excluding hydrogens is 172 g/mol. The van der Waals surface area contributed by atoms with E-state index in [-0.39, 0.29) is 5.92 Å². The van der Waals surface area contributed by atoms with E-state index in [0.29, 0.717) is 5.78 Å². The molecule has 0 N–H and O–H groups in total. The van der Waals surface area contributed by atoms with Crippen molar-refractivity contribution in [1.29, 1.82) is 0 Å². The van der Waals surface area contributed by atoms with Gasteiger partial charge < -0.3 is 0 Å². The number of hydrogen-bond acceptors (Lipinski definition) is 1. The molecule has 84 valence electrons. The quantitative estimate of drug-likeness (QED) is 0.571. The van der Waals surface area contributed by atoms with Crippen LogP contribution in [0.4, 0.5) is 0 Å². The molecule has 1 unspecified atom stereocenters. The van der Waals surface area contributed by atoms with Gasteiger partial charge in [-0.1, -0.05) is 53.4 Å². The molecule has 1 heteroatoms. The molecule has 1 atom stereocenters. The van der Waals surface area contributed by atoms with Crippen molar-refractivity contribution in [1.82, 2.24) is 0 Å². The van der Waals surface area contributed by atoms with Crippen LogP contribution in [0.3, 0.4) is 0 Å². The van der Waals surface area contributed by atoms with Gasteiger partial charge in [0.15, 0.2) is 0 Å². The van der Waals surface area contributed by atoms with E-state index >= 15 is 0 Å². The fourth-order valence-electron chi connectivity index (χ4n) is 1.68. The van der Waals surface area contributed by atoms with E-state index in [1.165, 1.54) is 25.7 Å². The van der Waals surface area contributed by atoms with Crippen molar-refractivity contribution in [3.05, 3.63) is 0 Å². The maximum atomic E-state index is 11.4. The third-order valence-electron chi connectivity index (χ3n) is 2.99. The first-order valence-electron chi connectivity index (χ1n) is 6.14. The molecule has 0 heterocycles. The van der Waals surface area contributed by atoms with Gasteiger partial charge in [-0.15, -0.1) is 0 Å². The molecule has 1 nitrogen and oxygen atoms in total. The van der Waals surface area contributed by atoms with Crippen LogP contribution in [0, 0.1) is 11.8 Å². The predicted molar refractivity (Wildman–Crippen MR) is 62.4 cm³/mol. The normalized spacial score (nSPS) is 13.2. The Morgan fingerprint density at radius 1 is 1.14 bits per heavy atom. The zero-order chi connectivity index (χ0) is 11.0. The van der Waals surface area contributed by atoms with Gasteiger partial charge in [0.25, 0.3) is 0 Å². The van der Waals surface area contributed by atoms with Crippen LogP contribution < -0.4 is 0 Å². The van der Waals surface area contributed by atoms with E-state index in [1.807, 2.05) is 13.8 Å². The van der Waals surface area contributed by atoms with Gasteiger partial charge in [-0.05, 0) is 12.3 Å². The monoisotopic (exact) mass is 198 g/mol. The molecule has 0 aliphatic carbocycles. The molecule has 0 aliphatic heterocycles. The molecule has 0 aliphatic rings. The Hall–Kier alpha value is -0.330. The van der Waals surface area contributed by atoms with Crippen molar-refractivity contribution in [2.75, 3.05) is 0 Å². The Morgan fingerprint density at radius 2 is 1.79 bits per heavy atom. The first kappa shape index (κ1) is 13.7. The largest absolute Gasteiger partial charge is 0.299 e. The minimum Gasteiger partial charge on any atom is -0.299 e. The van der Waals surface area contributed by atoms with E-state index in [0.717, 1.165) is 18.8 Å². The van der Waals surface area contributed by atoms with Gasteiger partial charge >= 0.3 is 0 Å². The van der Waals surface area contributed by atoms with Gasteiger partial charge in [-0.25, -0.2) is 0 Å².